The number of rotatable bonds is 15. The van der Waals surface area contributed by atoms with E-state index in [1.165, 1.54) is 12.1 Å². The van der Waals surface area contributed by atoms with Gasteiger partial charge in [0.05, 0.1) is 13.2 Å². The number of hydrogen-bond acceptors (Lipinski definition) is 8. The Morgan fingerprint density at radius 3 is 1.38 bits per heavy atom. The van der Waals surface area contributed by atoms with Crippen molar-refractivity contribution in [2.75, 3.05) is 38.9 Å². The van der Waals surface area contributed by atoms with Gasteiger partial charge in [0.1, 0.15) is 24.1 Å². The molecule has 0 radical (unpaired) electrons. The summed E-state index contributed by atoms with van der Waals surface area (Å²) in [7, 11) is -7.86. The minimum atomic E-state index is -3.93. The zero-order valence-corrected chi connectivity index (χ0v) is 21.3. The first-order chi connectivity index (χ1) is 16.0. The molecule has 0 bridgehead atoms. The lowest BCUT2D eigenvalue weighted by Crippen LogP contribution is -2.36. The van der Waals surface area contributed by atoms with Crippen LogP contribution in [0.2, 0.25) is 0 Å². The third kappa shape index (κ3) is 9.86. The fourth-order valence-corrected chi connectivity index (χ4v) is 5.91. The van der Waals surface area contributed by atoms with Crippen molar-refractivity contribution >= 4 is 15.2 Å². The zero-order valence-electron chi connectivity index (χ0n) is 19.5. The summed E-state index contributed by atoms with van der Waals surface area (Å²) in [5, 5.41) is 20.3. The van der Waals surface area contributed by atoms with Gasteiger partial charge < -0.3 is 29.0 Å². The number of nitrogens with zero attached hydrogens (tertiary/aromatic N) is 2. The quantitative estimate of drug-likeness (QED) is 0.259. The summed E-state index contributed by atoms with van der Waals surface area (Å²) < 4.78 is 35.0. The largest absolute Gasteiger partial charge is 0.508 e. The van der Waals surface area contributed by atoms with Gasteiger partial charge in [-0.25, -0.2) is 0 Å². The van der Waals surface area contributed by atoms with Crippen molar-refractivity contribution < 1.29 is 38.2 Å². The number of phenols is 2. The van der Waals surface area contributed by atoms with Gasteiger partial charge in [-0.15, -0.1) is 0 Å². The molecule has 0 aliphatic rings. The Labute approximate surface area is 200 Å². The second kappa shape index (κ2) is 13.4. The highest BCUT2D eigenvalue weighted by Gasteiger charge is 2.27. The van der Waals surface area contributed by atoms with E-state index in [4.69, 9.17) is 9.05 Å². The maximum absolute atomic E-state index is 12.5. The number of hydrogen-bond donors (Lipinski definition) is 4. The van der Waals surface area contributed by atoms with E-state index in [1.807, 2.05) is 0 Å². The first-order valence-electron chi connectivity index (χ1n) is 11.0. The van der Waals surface area contributed by atoms with Crippen LogP contribution in [0.3, 0.4) is 0 Å². The fourth-order valence-electron chi connectivity index (χ4n) is 3.44. The smallest absolute Gasteiger partial charge is 0.341 e. The van der Waals surface area contributed by atoms with Crippen molar-refractivity contribution in [2.24, 2.45) is 0 Å². The lowest BCUT2D eigenvalue weighted by Gasteiger charge is -2.29. The molecule has 0 amide bonds. The van der Waals surface area contributed by atoms with Gasteiger partial charge in [0, 0.05) is 37.3 Å². The third-order valence-corrected chi connectivity index (χ3v) is 7.76. The molecular formula is C22H34N2O8P2. The average molecular weight is 516 g/mol. The Kier molecular flexibility index (Phi) is 11.2. The first-order valence-corrected chi connectivity index (χ1v) is 14.5. The molecule has 0 heterocycles. The molecule has 0 aliphatic heterocycles. The molecule has 4 N–H and O–H groups in total. The molecule has 0 aromatic heterocycles. The number of aromatic hydroxyl groups is 2. The van der Waals surface area contributed by atoms with Gasteiger partial charge in [-0.05, 0) is 26.0 Å². The average Bonchev–Trinajstić information content (AvgIpc) is 2.74. The summed E-state index contributed by atoms with van der Waals surface area (Å²) in [5.41, 5.74) is 1.13. The van der Waals surface area contributed by atoms with E-state index < -0.39 is 15.2 Å². The third-order valence-electron chi connectivity index (χ3n) is 4.92. The van der Waals surface area contributed by atoms with E-state index in [0.717, 1.165) is 0 Å². The highest BCUT2D eigenvalue weighted by Crippen LogP contribution is 2.44. The molecule has 0 aliphatic carbocycles. The second-order valence-corrected chi connectivity index (χ2v) is 11.4. The van der Waals surface area contributed by atoms with Crippen molar-refractivity contribution in [1.82, 2.24) is 9.80 Å². The van der Waals surface area contributed by atoms with Gasteiger partial charge in [0.25, 0.3) is 0 Å². The summed E-state index contributed by atoms with van der Waals surface area (Å²) in [6.07, 6.45) is -0.580. The van der Waals surface area contributed by atoms with E-state index in [-0.39, 0.29) is 63.5 Å². The minimum Gasteiger partial charge on any atom is -0.508 e. The molecule has 0 fully saturated rings. The maximum Gasteiger partial charge on any atom is 0.341 e. The van der Waals surface area contributed by atoms with Crippen LogP contribution in [-0.2, 0) is 31.3 Å². The Morgan fingerprint density at radius 1 is 0.706 bits per heavy atom. The standard InChI is InChI=1S/C22H34N2O8P2/c1-3-31-33(27,28)17-23(15-19-9-5-7-11-21(19)25)13-14-24(18-34(29,30)32-4-2)16-20-10-6-8-12-22(20)26/h5-12,25-26H,3-4,13-18H2,1-2H3,(H,27,28)(H,29,30). The Morgan fingerprint density at radius 2 is 1.06 bits per heavy atom. The lowest BCUT2D eigenvalue weighted by molar-refractivity contribution is 0.189. The minimum absolute atomic E-state index is 0.0546. The van der Waals surface area contributed by atoms with Crippen molar-refractivity contribution in [1.29, 1.82) is 0 Å². The molecule has 2 aromatic carbocycles. The summed E-state index contributed by atoms with van der Waals surface area (Å²) in [5.74, 6) is 0.109. The van der Waals surface area contributed by atoms with Crippen molar-refractivity contribution in [3.63, 3.8) is 0 Å². The van der Waals surface area contributed by atoms with Crippen LogP contribution >= 0.6 is 15.2 Å². The summed E-state index contributed by atoms with van der Waals surface area (Å²) in [6, 6.07) is 13.4. The van der Waals surface area contributed by atoms with Gasteiger partial charge in [-0.2, -0.15) is 0 Å². The van der Waals surface area contributed by atoms with Crippen LogP contribution in [0, 0.1) is 0 Å². The predicted molar refractivity (Wildman–Crippen MR) is 130 cm³/mol. The fraction of sp³-hybridized carbons (Fsp3) is 0.455. The van der Waals surface area contributed by atoms with Crippen molar-refractivity contribution in [3.8, 4) is 11.5 Å². The molecule has 2 rings (SSSR count). The molecular weight excluding hydrogens is 482 g/mol. The normalized spacial score (nSPS) is 15.4. The summed E-state index contributed by atoms with van der Waals surface area (Å²) in [6.45, 7) is 4.14. The van der Waals surface area contributed by atoms with E-state index >= 15 is 0 Å². The van der Waals surface area contributed by atoms with E-state index in [0.29, 0.717) is 11.1 Å². The molecule has 34 heavy (non-hydrogen) atoms. The molecule has 0 saturated heterocycles. The Balaban J connectivity index is 2.23. The van der Waals surface area contributed by atoms with Crippen LogP contribution in [0.5, 0.6) is 11.5 Å². The maximum atomic E-state index is 12.5. The highest BCUT2D eigenvalue weighted by molar-refractivity contribution is 7.53. The molecule has 10 nitrogen and oxygen atoms in total. The molecule has 190 valence electrons. The molecule has 2 aromatic rings. The monoisotopic (exact) mass is 516 g/mol. The SMILES string of the molecule is CCOP(=O)(O)CN(CCN(Cc1ccccc1O)CP(=O)(O)OCC)Cc1ccccc1O. The summed E-state index contributed by atoms with van der Waals surface area (Å²) in [4.78, 5) is 23.7. The molecule has 2 atom stereocenters. The highest BCUT2D eigenvalue weighted by atomic mass is 31.2. The van der Waals surface area contributed by atoms with Crippen LogP contribution < -0.4 is 0 Å². The van der Waals surface area contributed by atoms with Crippen molar-refractivity contribution in [2.45, 2.75) is 26.9 Å². The van der Waals surface area contributed by atoms with Gasteiger partial charge in [-0.1, -0.05) is 36.4 Å². The molecule has 0 spiro atoms. The topological polar surface area (TPSA) is 140 Å². The number of phenolic OH excluding ortho intramolecular Hbond substituents is 2. The van der Waals surface area contributed by atoms with Crippen LogP contribution in [-0.4, -0.2) is 68.7 Å². The van der Waals surface area contributed by atoms with Crippen LogP contribution in [0.15, 0.2) is 48.5 Å². The van der Waals surface area contributed by atoms with Crippen molar-refractivity contribution in [3.05, 3.63) is 59.7 Å². The number of benzene rings is 2. The predicted octanol–water partition coefficient (Wildman–Crippen LogP) is 3.76. The second-order valence-electron chi connectivity index (χ2n) is 7.76. The number of para-hydroxylation sites is 2. The molecule has 12 heteroatoms. The van der Waals surface area contributed by atoms with Gasteiger partial charge in [0.15, 0.2) is 0 Å². The van der Waals surface area contributed by atoms with Crippen LogP contribution in [0.1, 0.15) is 25.0 Å². The van der Waals surface area contributed by atoms with Crippen LogP contribution in [0.25, 0.3) is 0 Å². The Hall–Kier alpha value is -1.74. The molecule has 0 saturated carbocycles. The Bertz CT molecular complexity index is 927. The first kappa shape index (κ1) is 28.5. The molecule has 2 unspecified atom stereocenters. The zero-order chi connectivity index (χ0) is 25.2. The lowest BCUT2D eigenvalue weighted by atomic mass is 10.2. The van der Waals surface area contributed by atoms with Gasteiger partial charge in [-0.3, -0.25) is 18.9 Å². The van der Waals surface area contributed by atoms with Crippen LogP contribution in [0.4, 0.5) is 0 Å². The van der Waals surface area contributed by atoms with E-state index in [1.54, 1.807) is 60.0 Å². The van der Waals surface area contributed by atoms with E-state index in [2.05, 4.69) is 0 Å². The van der Waals surface area contributed by atoms with E-state index in [9.17, 15) is 29.1 Å². The van der Waals surface area contributed by atoms with Gasteiger partial charge in [0.2, 0.25) is 0 Å². The summed E-state index contributed by atoms with van der Waals surface area (Å²) >= 11 is 0. The van der Waals surface area contributed by atoms with Gasteiger partial charge >= 0.3 is 15.2 Å².